The van der Waals surface area contributed by atoms with Crippen LogP contribution in [0, 0.1) is 23.5 Å². The van der Waals surface area contributed by atoms with Gasteiger partial charge in [0.1, 0.15) is 17.4 Å². The number of nitrogens with two attached hydrogens (primary N) is 1. The molecule has 13 heteroatoms. The van der Waals surface area contributed by atoms with Crippen molar-refractivity contribution in [2.24, 2.45) is 17.6 Å². The van der Waals surface area contributed by atoms with Gasteiger partial charge in [-0.25, -0.2) is 8.78 Å². The number of anilines is 2. The molecule has 2 saturated carbocycles. The lowest BCUT2D eigenvalue weighted by atomic mass is 9.84. The molecule has 4 N–H and O–H groups in total. The van der Waals surface area contributed by atoms with Gasteiger partial charge in [-0.05, 0) is 138 Å². The third-order valence-electron chi connectivity index (χ3n) is 12.9. The number of halogens is 2. The Hall–Kier alpha value is -4.75. The highest BCUT2D eigenvalue weighted by Gasteiger charge is 2.26. The fourth-order valence-corrected chi connectivity index (χ4v) is 9.20. The van der Waals surface area contributed by atoms with Crippen molar-refractivity contribution in [1.82, 2.24) is 20.4 Å². The van der Waals surface area contributed by atoms with Crippen LogP contribution in [0.25, 0.3) is 0 Å². The van der Waals surface area contributed by atoms with Crippen molar-refractivity contribution in [2.75, 3.05) is 81.9 Å². The van der Waals surface area contributed by atoms with Gasteiger partial charge in [-0.2, -0.15) is 0 Å². The summed E-state index contributed by atoms with van der Waals surface area (Å²) in [5.41, 5.74) is 7.05. The van der Waals surface area contributed by atoms with E-state index in [0.717, 1.165) is 133 Å². The van der Waals surface area contributed by atoms with E-state index in [1.54, 1.807) is 24.3 Å². The van der Waals surface area contributed by atoms with Gasteiger partial charge in [0.05, 0.1) is 0 Å². The van der Waals surface area contributed by atoms with Gasteiger partial charge in [0, 0.05) is 88.7 Å². The Kier molecular flexibility index (Phi) is 18.0. The molecule has 0 radical (unpaired) electrons. The molecule has 0 bridgehead atoms. The monoisotopic (exact) mass is 844 g/mol. The number of piperazine rings is 2. The number of nitrogens with zero attached hydrogens (tertiary/aromatic N) is 4. The Morgan fingerprint density at radius 2 is 1.03 bits per heavy atom. The van der Waals surface area contributed by atoms with Crippen LogP contribution in [0.1, 0.15) is 77.0 Å². The summed E-state index contributed by atoms with van der Waals surface area (Å²) < 4.78 is 32.4. The predicted molar refractivity (Wildman–Crippen MR) is 237 cm³/mol. The summed E-state index contributed by atoms with van der Waals surface area (Å²) in [7, 11) is 0. The van der Waals surface area contributed by atoms with E-state index in [2.05, 4.69) is 30.2 Å². The molecule has 11 nitrogen and oxygen atoms in total. The molecule has 0 unspecified atom stereocenters. The summed E-state index contributed by atoms with van der Waals surface area (Å²) >= 11 is 0. The molecule has 2 aliphatic carbocycles. The van der Waals surface area contributed by atoms with Crippen LogP contribution in [0.3, 0.4) is 0 Å². The van der Waals surface area contributed by atoms with Crippen LogP contribution in [0.15, 0.2) is 78.9 Å². The largest absolute Gasteiger partial charge is 0.484 e. The van der Waals surface area contributed by atoms with Crippen LogP contribution in [0.5, 0.6) is 5.75 Å². The first-order valence-electron chi connectivity index (χ1n) is 22.7. The number of carbonyl (C=O) groups excluding carboxylic acids is 3. The third kappa shape index (κ3) is 15.9. The minimum absolute atomic E-state index is 0.0338. The summed E-state index contributed by atoms with van der Waals surface area (Å²) in [5, 5.41) is 6.17. The molecule has 61 heavy (non-hydrogen) atoms. The van der Waals surface area contributed by atoms with E-state index in [9.17, 15) is 23.2 Å². The number of hydrogen-bond donors (Lipinski definition) is 3. The van der Waals surface area contributed by atoms with Crippen molar-refractivity contribution in [3.63, 3.8) is 0 Å². The first-order valence-corrected chi connectivity index (χ1v) is 22.7. The van der Waals surface area contributed by atoms with Crippen LogP contribution >= 0.6 is 0 Å². The van der Waals surface area contributed by atoms with Gasteiger partial charge < -0.3 is 30.9 Å². The van der Waals surface area contributed by atoms with Crippen LogP contribution in [-0.4, -0.2) is 112 Å². The minimum atomic E-state index is -0.430. The molecule has 332 valence electrons. The Morgan fingerprint density at radius 1 is 0.574 bits per heavy atom. The smallest absolute Gasteiger partial charge is 0.258 e. The fourth-order valence-electron chi connectivity index (χ4n) is 9.20. The van der Waals surface area contributed by atoms with Gasteiger partial charge in [0.25, 0.3) is 5.91 Å². The molecule has 3 aromatic rings. The van der Waals surface area contributed by atoms with Crippen molar-refractivity contribution < 1.29 is 27.9 Å². The molecular formula is C48H67F2N7O4. The summed E-state index contributed by atoms with van der Waals surface area (Å²) in [5.74, 6) is 1.31. The molecule has 2 heterocycles. The lowest BCUT2D eigenvalue weighted by Crippen LogP contribution is -2.47. The standard InChI is InChI=1S/C26H34FN3O2.C22H33FN4O2/c27-22-5-4-6-24(19-22)30-17-15-29(16-18-30)14-13-21-9-11-23(12-10-21)28-26(31)20-32-25-7-2-1-3-8-25;23-18-2-1-3-20(16-18)27-14-12-26(13-15-27)11-10-17-4-6-19(7-5-17)25-22(29)9-8-21(24)28/h1-8,19,21,23H,9-18,20H2,(H,28,31);1-3,16-17,19H,4-15H2,(H2,24,28)(H,25,29). The number of hydrogen-bond acceptors (Lipinski definition) is 8. The number of benzene rings is 3. The number of primary amides is 1. The molecule has 2 aliphatic heterocycles. The van der Waals surface area contributed by atoms with Crippen LogP contribution in [0.4, 0.5) is 20.2 Å². The molecule has 4 aliphatic rings. The molecule has 4 fully saturated rings. The number of carbonyl (C=O) groups is 3. The lowest BCUT2D eigenvalue weighted by Gasteiger charge is -2.37. The van der Waals surface area contributed by atoms with E-state index in [-0.39, 0.29) is 55.0 Å². The van der Waals surface area contributed by atoms with Crippen LogP contribution in [0.2, 0.25) is 0 Å². The maximum atomic E-state index is 13.5. The van der Waals surface area contributed by atoms with Crippen molar-refractivity contribution >= 4 is 29.1 Å². The van der Waals surface area contributed by atoms with Crippen molar-refractivity contribution in [1.29, 1.82) is 0 Å². The van der Waals surface area contributed by atoms with Gasteiger partial charge in [0.2, 0.25) is 11.8 Å². The normalized spacial score (nSPS) is 22.4. The second kappa shape index (κ2) is 24.0. The van der Waals surface area contributed by atoms with Crippen molar-refractivity contribution in [3.8, 4) is 5.75 Å². The lowest BCUT2D eigenvalue weighted by molar-refractivity contribution is -0.125. The number of amides is 3. The Balaban J connectivity index is 0.000000205. The average molecular weight is 844 g/mol. The maximum Gasteiger partial charge on any atom is 0.258 e. The zero-order valence-corrected chi connectivity index (χ0v) is 35.8. The zero-order valence-electron chi connectivity index (χ0n) is 35.8. The Bertz CT molecular complexity index is 1790. The van der Waals surface area contributed by atoms with Crippen molar-refractivity contribution in [3.05, 3.63) is 90.5 Å². The molecule has 2 saturated heterocycles. The molecule has 0 spiro atoms. The van der Waals surface area contributed by atoms with E-state index in [1.165, 1.54) is 37.8 Å². The SMILES string of the molecule is NC(=O)CCC(=O)NC1CCC(CCN2CCN(c3cccc(F)c3)CC2)CC1.O=C(COc1ccccc1)NC1CCC(CCN2CCN(c3cccc(F)c3)CC2)CC1. The molecule has 7 rings (SSSR count). The quantitative estimate of drug-likeness (QED) is 0.152. The molecule has 0 aromatic heterocycles. The summed E-state index contributed by atoms with van der Waals surface area (Å²) in [6, 6.07) is 23.7. The molecule has 0 atom stereocenters. The first kappa shape index (κ1) is 45.8. The second-order valence-electron chi connectivity index (χ2n) is 17.3. The molecule has 3 aromatic carbocycles. The summed E-state index contributed by atoms with van der Waals surface area (Å²) in [6.07, 6.45) is 11.5. The Labute approximate surface area is 361 Å². The highest BCUT2D eigenvalue weighted by molar-refractivity contribution is 5.83. The van der Waals surface area contributed by atoms with Gasteiger partial charge in [-0.15, -0.1) is 0 Å². The van der Waals surface area contributed by atoms with E-state index in [1.807, 2.05) is 42.5 Å². The van der Waals surface area contributed by atoms with Gasteiger partial charge in [-0.1, -0.05) is 30.3 Å². The van der Waals surface area contributed by atoms with E-state index in [4.69, 9.17) is 10.5 Å². The first-order chi connectivity index (χ1) is 29.6. The van der Waals surface area contributed by atoms with E-state index in [0.29, 0.717) is 0 Å². The maximum absolute atomic E-state index is 13.5. The fraction of sp³-hybridized carbons (Fsp3) is 0.562. The van der Waals surface area contributed by atoms with Gasteiger partial charge >= 0.3 is 0 Å². The summed E-state index contributed by atoms with van der Waals surface area (Å²) in [6.45, 7) is 10.2. The predicted octanol–water partition coefficient (Wildman–Crippen LogP) is 6.37. The number of nitrogens with one attached hydrogen (secondary N) is 2. The number of para-hydroxylation sites is 1. The zero-order chi connectivity index (χ0) is 42.8. The minimum Gasteiger partial charge on any atom is -0.484 e. The average Bonchev–Trinajstić information content (AvgIpc) is 3.28. The number of rotatable bonds is 16. The topological polar surface area (TPSA) is 123 Å². The van der Waals surface area contributed by atoms with Gasteiger partial charge in [0.15, 0.2) is 6.61 Å². The molecule has 3 amide bonds. The summed E-state index contributed by atoms with van der Waals surface area (Å²) in [4.78, 5) is 44.3. The van der Waals surface area contributed by atoms with E-state index >= 15 is 0 Å². The van der Waals surface area contributed by atoms with Crippen molar-refractivity contribution in [2.45, 2.75) is 89.1 Å². The van der Waals surface area contributed by atoms with E-state index < -0.39 is 5.91 Å². The highest BCUT2D eigenvalue weighted by Crippen LogP contribution is 2.29. The third-order valence-corrected chi connectivity index (χ3v) is 12.9. The highest BCUT2D eigenvalue weighted by atomic mass is 19.1. The second-order valence-corrected chi connectivity index (χ2v) is 17.3. The van der Waals surface area contributed by atoms with Gasteiger partial charge in [-0.3, -0.25) is 24.2 Å². The number of ether oxygens (including phenoxy) is 1. The van der Waals surface area contributed by atoms with Crippen LogP contribution in [-0.2, 0) is 14.4 Å². The Morgan fingerprint density at radius 3 is 1.48 bits per heavy atom. The molecular weight excluding hydrogens is 777 g/mol. The van der Waals surface area contributed by atoms with Crippen LogP contribution < -0.4 is 30.9 Å².